The van der Waals surface area contributed by atoms with Crippen LogP contribution < -0.4 is 4.74 Å². The Balaban J connectivity index is 1.25. The van der Waals surface area contributed by atoms with E-state index in [2.05, 4.69) is 4.98 Å². The molecule has 34 heavy (non-hydrogen) atoms. The molecule has 9 heteroatoms. The largest absolute Gasteiger partial charge is 0.489 e. The van der Waals surface area contributed by atoms with E-state index in [4.69, 9.17) is 14.2 Å². The molecule has 3 fully saturated rings. The third-order valence-corrected chi connectivity index (χ3v) is 7.97. The first-order valence-corrected chi connectivity index (χ1v) is 14.3. The van der Waals surface area contributed by atoms with Crippen molar-refractivity contribution in [3.63, 3.8) is 0 Å². The van der Waals surface area contributed by atoms with E-state index in [1.54, 1.807) is 13.0 Å². The van der Waals surface area contributed by atoms with Crippen molar-refractivity contribution >= 4 is 15.9 Å². The molecule has 1 unspecified atom stereocenters. The summed E-state index contributed by atoms with van der Waals surface area (Å²) >= 11 is 0. The van der Waals surface area contributed by atoms with Gasteiger partial charge in [-0.15, -0.1) is 0 Å². The number of amides is 1. The van der Waals surface area contributed by atoms with Crippen molar-refractivity contribution in [2.75, 3.05) is 6.26 Å². The fourth-order valence-electron chi connectivity index (χ4n) is 5.45. The molecule has 4 rings (SSSR count). The zero-order chi connectivity index (χ0) is 24.7. The summed E-state index contributed by atoms with van der Waals surface area (Å²) in [5, 5.41) is 0.0705. The van der Waals surface area contributed by atoms with Gasteiger partial charge in [0, 0.05) is 18.3 Å². The van der Waals surface area contributed by atoms with Crippen molar-refractivity contribution in [2.24, 2.45) is 0 Å². The number of hydrogen-bond donors (Lipinski definition) is 0. The molecular weight excluding hydrogens is 456 g/mol. The minimum atomic E-state index is -3.33. The zero-order valence-corrected chi connectivity index (χ0v) is 21.8. The van der Waals surface area contributed by atoms with Crippen molar-refractivity contribution in [3.8, 4) is 5.75 Å². The number of rotatable bonds is 5. The van der Waals surface area contributed by atoms with Crippen molar-refractivity contribution in [2.45, 2.75) is 120 Å². The fourth-order valence-corrected chi connectivity index (χ4v) is 6.06. The molecule has 3 atom stereocenters. The van der Waals surface area contributed by atoms with Gasteiger partial charge in [0.05, 0.1) is 24.0 Å². The SMILES string of the molecule is Cc1nc(S(C)(=O)=O)ccc1OC1CCC(OC2C[C@H]3CC[C@@H](C2)N3C(=O)OC(C)(C)C)CC1. The van der Waals surface area contributed by atoms with Crippen molar-refractivity contribution in [3.05, 3.63) is 17.8 Å². The van der Waals surface area contributed by atoms with E-state index in [9.17, 15) is 13.2 Å². The standard InChI is InChI=1S/C25H38N2O6S/c1-16-22(12-13-23(26-16)34(5,29)30)32-20-10-8-19(9-11-20)31-21-14-17-6-7-18(15-21)27(17)24(28)33-25(2,3)4/h12-13,17-21H,6-11,14-15H2,1-5H3/t17-,18+,19?,20?,21?. The number of nitrogens with zero attached hydrogens (tertiary/aromatic N) is 2. The molecule has 190 valence electrons. The molecular formula is C25H38N2O6S. The van der Waals surface area contributed by atoms with Crippen molar-refractivity contribution in [1.29, 1.82) is 0 Å². The van der Waals surface area contributed by atoms with E-state index in [0.717, 1.165) is 57.6 Å². The average Bonchev–Trinajstić information content (AvgIpc) is 3.00. The number of fused-ring (bicyclic) bond motifs is 2. The molecule has 1 aliphatic carbocycles. The van der Waals surface area contributed by atoms with Gasteiger partial charge in [0.1, 0.15) is 11.4 Å². The van der Waals surface area contributed by atoms with Crippen molar-refractivity contribution in [1.82, 2.24) is 9.88 Å². The lowest BCUT2D eigenvalue weighted by molar-refractivity contribution is -0.0813. The third kappa shape index (κ3) is 6.03. The van der Waals surface area contributed by atoms with Gasteiger partial charge in [0.15, 0.2) is 14.9 Å². The number of piperidine rings is 1. The van der Waals surface area contributed by atoms with Crippen LogP contribution in [0.2, 0.25) is 0 Å². The highest BCUT2D eigenvalue weighted by atomic mass is 32.2. The Morgan fingerprint density at radius 1 is 0.971 bits per heavy atom. The summed E-state index contributed by atoms with van der Waals surface area (Å²) in [5.74, 6) is 0.642. The van der Waals surface area contributed by atoms with Crippen LogP contribution in [0, 0.1) is 6.92 Å². The first-order valence-electron chi connectivity index (χ1n) is 12.4. The summed E-state index contributed by atoms with van der Waals surface area (Å²) in [4.78, 5) is 18.8. The molecule has 0 radical (unpaired) electrons. The molecule has 2 bridgehead atoms. The molecule has 3 heterocycles. The molecule has 2 saturated heterocycles. The number of aryl methyl sites for hydroxylation is 1. The predicted octanol–water partition coefficient (Wildman–Crippen LogP) is 4.43. The number of aromatic nitrogens is 1. The Labute approximate surface area is 203 Å². The second-order valence-electron chi connectivity index (χ2n) is 11.0. The van der Waals surface area contributed by atoms with E-state index >= 15 is 0 Å². The van der Waals surface area contributed by atoms with Crippen LogP contribution in [0.25, 0.3) is 0 Å². The monoisotopic (exact) mass is 494 g/mol. The van der Waals surface area contributed by atoms with Gasteiger partial charge in [-0.3, -0.25) is 0 Å². The van der Waals surface area contributed by atoms with Gasteiger partial charge in [0.25, 0.3) is 0 Å². The molecule has 2 aliphatic heterocycles. The fraction of sp³-hybridized carbons (Fsp3) is 0.760. The van der Waals surface area contributed by atoms with Crippen LogP contribution in [0.1, 0.15) is 77.8 Å². The Morgan fingerprint density at radius 2 is 1.56 bits per heavy atom. The minimum Gasteiger partial charge on any atom is -0.489 e. The first kappa shape index (κ1) is 25.2. The van der Waals surface area contributed by atoms with Crippen LogP contribution in [0.15, 0.2) is 17.2 Å². The van der Waals surface area contributed by atoms with Gasteiger partial charge in [-0.2, -0.15) is 0 Å². The third-order valence-electron chi connectivity index (χ3n) is 6.99. The second-order valence-corrected chi connectivity index (χ2v) is 13.0. The summed E-state index contributed by atoms with van der Waals surface area (Å²) in [6, 6.07) is 3.63. The summed E-state index contributed by atoms with van der Waals surface area (Å²) in [6.45, 7) is 7.50. The molecule has 0 aromatic carbocycles. The number of pyridine rings is 1. The zero-order valence-electron chi connectivity index (χ0n) is 21.0. The molecule has 0 N–H and O–H groups in total. The van der Waals surface area contributed by atoms with Crippen LogP contribution in [-0.4, -0.2) is 66.6 Å². The van der Waals surface area contributed by atoms with E-state index < -0.39 is 15.4 Å². The highest BCUT2D eigenvalue weighted by Crippen LogP contribution is 2.39. The quantitative estimate of drug-likeness (QED) is 0.597. The smallest absolute Gasteiger partial charge is 0.410 e. The average molecular weight is 495 g/mol. The van der Waals surface area contributed by atoms with Crippen LogP contribution >= 0.6 is 0 Å². The molecule has 3 aliphatic rings. The van der Waals surface area contributed by atoms with Gasteiger partial charge in [-0.05, 0) is 91.2 Å². The van der Waals surface area contributed by atoms with Crippen molar-refractivity contribution < 1.29 is 27.4 Å². The van der Waals surface area contributed by atoms with Crippen LogP contribution in [0.5, 0.6) is 5.75 Å². The van der Waals surface area contributed by atoms with Crippen LogP contribution in [0.4, 0.5) is 4.79 Å². The summed E-state index contributed by atoms with van der Waals surface area (Å²) in [7, 11) is -3.33. The number of hydrogen-bond acceptors (Lipinski definition) is 7. The Hall–Kier alpha value is -1.87. The Kier molecular flexibility index (Phi) is 7.16. The molecule has 1 amide bonds. The first-order chi connectivity index (χ1) is 15.9. The molecule has 1 saturated carbocycles. The maximum Gasteiger partial charge on any atom is 0.410 e. The van der Waals surface area contributed by atoms with Gasteiger partial charge < -0.3 is 19.1 Å². The van der Waals surface area contributed by atoms with Gasteiger partial charge in [-0.1, -0.05) is 0 Å². The molecule has 0 spiro atoms. The highest BCUT2D eigenvalue weighted by molar-refractivity contribution is 7.90. The van der Waals surface area contributed by atoms with Crippen LogP contribution in [0.3, 0.4) is 0 Å². The van der Waals surface area contributed by atoms with Crippen LogP contribution in [-0.2, 0) is 19.3 Å². The van der Waals surface area contributed by atoms with Gasteiger partial charge in [-0.25, -0.2) is 18.2 Å². The maximum atomic E-state index is 12.7. The minimum absolute atomic E-state index is 0.0705. The maximum absolute atomic E-state index is 12.7. The summed E-state index contributed by atoms with van der Waals surface area (Å²) < 4.78 is 41.7. The highest BCUT2D eigenvalue weighted by Gasteiger charge is 2.45. The second kappa shape index (κ2) is 9.64. The number of sulfone groups is 1. The van der Waals surface area contributed by atoms with E-state index in [1.165, 1.54) is 6.07 Å². The normalized spacial score (nSPS) is 29.7. The molecule has 1 aromatic rings. The van der Waals surface area contributed by atoms with Gasteiger partial charge >= 0.3 is 6.09 Å². The van der Waals surface area contributed by atoms with Gasteiger partial charge in [0.2, 0.25) is 0 Å². The number of carbonyl (C=O) groups excluding carboxylic acids is 1. The Morgan fingerprint density at radius 3 is 2.09 bits per heavy atom. The summed E-state index contributed by atoms with van der Waals surface area (Å²) in [6.07, 6.45) is 8.89. The van der Waals surface area contributed by atoms with E-state index in [0.29, 0.717) is 11.4 Å². The predicted molar refractivity (Wildman–Crippen MR) is 128 cm³/mol. The lowest BCUT2D eigenvalue weighted by Gasteiger charge is -2.41. The Bertz CT molecular complexity index is 983. The molecule has 8 nitrogen and oxygen atoms in total. The number of ether oxygens (including phenoxy) is 3. The number of carbonyl (C=O) groups is 1. The van der Waals surface area contributed by atoms with E-state index in [1.807, 2.05) is 25.7 Å². The lowest BCUT2D eigenvalue weighted by Crippen LogP contribution is -2.50. The topological polar surface area (TPSA) is 95.0 Å². The molecule has 1 aromatic heterocycles. The van der Waals surface area contributed by atoms with E-state index in [-0.39, 0.29) is 41.5 Å². The summed E-state index contributed by atoms with van der Waals surface area (Å²) in [5.41, 5.74) is 0.114. The lowest BCUT2D eigenvalue weighted by atomic mass is 9.93.